The van der Waals surface area contributed by atoms with Crippen molar-refractivity contribution in [1.29, 1.82) is 0 Å². The number of aliphatic carboxylic acids is 1. The highest BCUT2D eigenvalue weighted by molar-refractivity contribution is 5.69. The maximum absolute atomic E-state index is 10.8. The van der Waals surface area contributed by atoms with Crippen LogP contribution in [0.2, 0.25) is 0 Å². The smallest absolute Gasteiger partial charge is 0.304 e. The third-order valence-electron chi connectivity index (χ3n) is 2.76. The molecule has 4 heteroatoms. The molecule has 88 valence electrons. The van der Waals surface area contributed by atoms with Crippen LogP contribution in [-0.2, 0) is 10.2 Å². The Balaban J connectivity index is 3.06. The van der Waals surface area contributed by atoms with E-state index in [0.717, 1.165) is 5.56 Å². The van der Waals surface area contributed by atoms with Crippen LogP contribution in [0.15, 0.2) is 24.3 Å². The van der Waals surface area contributed by atoms with Gasteiger partial charge in [-0.3, -0.25) is 4.79 Å². The zero-order valence-corrected chi connectivity index (χ0v) is 9.56. The van der Waals surface area contributed by atoms with Crippen molar-refractivity contribution in [1.82, 2.24) is 0 Å². The summed E-state index contributed by atoms with van der Waals surface area (Å²) in [5.41, 5.74) is 6.01. The number of ether oxygens (including phenoxy) is 1. The lowest BCUT2D eigenvalue weighted by atomic mass is 9.79. The Kier molecular flexibility index (Phi) is 3.90. The van der Waals surface area contributed by atoms with Crippen LogP contribution in [0.3, 0.4) is 0 Å². The van der Waals surface area contributed by atoms with Gasteiger partial charge in [0.1, 0.15) is 5.75 Å². The molecule has 3 N–H and O–H groups in total. The minimum absolute atomic E-state index is 0.0106. The minimum Gasteiger partial charge on any atom is -0.497 e. The molecular formula is C12H17NO3. The molecule has 0 saturated carbocycles. The van der Waals surface area contributed by atoms with Crippen molar-refractivity contribution < 1.29 is 14.6 Å². The molecule has 0 saturated heterocycles. The molecule has 0 aliphatic rings. The van der Waals surface area contributed by atoms with E-state index < -0.39 is 11.4 Å². The minimum atomic E-state index is -0.851. The fourth-order valence-electron chi connectivity index (χ4n) is 1.62. The van der Waals surface area contributed by atoms with E-state index in [0.29, 0.717) is 5.75 Å². The normalized spacial score (nSPS) is 14.2. The number of carbonyl (C=O) groups is 1. The number of hydrogen-bond donors (Lipinski definition) is 2. The van der Waals surface area contributed by atoms with Crippen LogP contribution in [0.25, 0.3) is 0 Å². The molecule has 1 rings (SSSR count). The van der Waals surface area contributed by atoms with Crippen LogP contribution in [0.1, 0.15) is 18.9 Å². The lowest BCUT2D eigenvalue weighted by molar-refractivity contribution is -0.138. The first-order chi connectivity index (χ1) is 7.51. The summed E-state index contributed by atoms with van der Waals surface area (Å²) in [5.74, 6) is -0.140. The quantitative estimate of drug-likeness (QED) is 0.791. The summed E-state index contributed by atoms with van der Waals surface area (Å²) >= 11 is 0. The number of benzene rings is 1. The highest BCUT2D eigenvalue weighted by Gasteiger charge is 2.28. The first kappa shape index (κ1) is 12.5. The van der Waals surface area contributed by atoms with Crippen LogP contribution < -0.4 is 10.5 Å². The fraction of sp³-hybridized carbons (Fsp3) is 0.417. The van der Waals surface area contributed by atoms with E-state index in [1.54, 1.807) is 7.11 Å². The van der Waals surface area contributed by atoms with Crippen LogP contribution in [-0.4, -0.2) is 24.7 Å². The average molecular weight is 223 g/mol. The highest BCUT2D eigenvalue weighted by atomic mass is 16.5. The number of carboxylic acids is 1. The zero-order valence-electron chi connectivity index (χ0n) is 9.56. The van der Waals surface area contributed by atoms with Crippen molar-refractivity contribution in [3.05, 3.63) is 29.8 Å². The summed E-state index contributed by atoms with van der Waals surface area (Å²) in [6, 6.07) is 7.36. The Morgan fingerprint density at radius 2 is 2.25 bits per heavy atom. The van der Waals surface area contributed by atoms with Crippen molar-refractivity contribution in [2.24, 2.45) is 5.73 Å². The summed E-state index contributed by atoms with van der Waals surface area (Å²) in [6.45, 7) is 2.13. The molecule has 0 aliphatic heterocycles. The molecule has 4 nitrogen and oxygen atoms in total. The van der Waals surface area contributed by atoms with Gasteiger partial charge in [0, 0.05) is 12.0 Å². The molecule has 16 heavy (non-hydrogen) atoms. The molecule has 0 amide bonds. The van der Waals surface area contributed by atoms with Gasteiger partial charge in [-0.2, -0.15) is 0 Å². The Hall–Kier alpha value is -1.55. The van der Waals surface area contributed by atoms with Gasteiger partial charge in [-0.05, 0) is 17.7 Å². The Bertz CT molecular complexity index is 378. The lowest BCUT2D eigenvalue weighted by Gasteiger charge is -2.27. The van der Waals surface area contributed by atoms with E-state index in [4.69, 9.17) is 15.6 Å². The summed E-state index contributed by atoms with van der Waals surface area (Å²) < 4.78 is 5.11. The van der Waals surface area contributed by atoms with Gasteiger partial charge in [-0.15, -0.1) is 0 Å². The average Bonchev–Trinajstić information content (AvgIpc) is 2.28. The molecule has 0 fully saturated rings. The number of methoxy groups -OCH3 is 1. The highest BCUT2D eigenvalue weighted by Crippen LogP contribution is 2.29. The van der Waals surface area contributed by atoms with Crippen molar-refractivity contribution in [2.75, 3.05) is 13.7 Å². The molecule has 0 heterocycles. The first-order valence-electron chi connectivity index (χ1n) is 5.08. The van der Waals surface area contributed by atoms with E-state index in [1.165, 1.54) is 0 Å². The Labute approximate surface area is 95.0 Å². The predicted molar refractivity (Wildman–Crippen MR) is 61.7 cm³/mol. The largest absolute Gasteiger partial charge is 0.497 e. The maximum Gasteiger partial charge on any atom is 0.304 e. The number of rotatable bonds is 5. The number of carboxylic acid groups (broad SMARTS) is 1. The Morgan fingerprint density at radius 3 is 2.75 bits per heavy atom. The molecule has 0 aliphatic carbocycles. The second-order valence-electron chi connectivity index (χ2n) is 4.07. The molecule has 0 spiro atoms. The number of nitrogens with two attached hydrogens (primary N) is 1. The third kappa shape index (κ3) is 2.73. The topological polar surface area (TPSA) is 72.5 Å². The second-order valence-corrected chi connectivity index (χ2v) is 4.07. The van der Waals surface area contributed by atoms with E-state index in [2.05, 4.69) is 0 Å². The summed E-state index contributed by atoms with van der Waals surface area (Å²) in [4.78, 5) is 10.8. The van der Waals surface area contributed by atoms with Gasteiger partial charge in [-0.25, -0.2) is 0 Å². The van der Waals surface area contributed by atoms with Crippen LogP contribution in [0.5, 0.6) is 5.75 Å². The summed E-state index contributed by atoms with van der Waals surface area (Å²) in [5, 5.41) is 8.88. The maximum atomic E-state index is 10.8. The van der Waals surface area contributed by atoms with Crippen molar-refractivity contribution >= 4 is 5.97 Å². The summed E-state index contributed by atoms with van der Waals surface area (Å²) in [6.07, 6.45) is 0.0106. The van der Waals surface area contributed by atoms with Crippen molar-refractivity contribution in [3.63, 3.8) is 0 Å². The first-order valence-corrected chi connectivity index (χ1v) is 5.08. The van der Waals surface area contributed by atoms with Gasteiger partial charge >= 0.3 is 5.97 Å². The SMILES string of the molecule is COc1cccc(C(C)(CN)CC(=O)O)c1. The summed E-state index contributed by atoms with van der Waals surface area (Å²) in [7, 11) is 1.58. The fourth-order valence-corrected chi connectivity index (χ4v) is 1.62. The monoisotopic (exact) mass is 223 g/mol. The van der Waals surface area contributed by atoms with Gasteiger partial charge in [-0.1, -0.05) is 19.1 Å². The molecule has 0 radical (unpaired) electrons. The zero-order chi connectivity index (χ0) is 12.2. The van der Waals surface area contributed by atoms with Crippen molar-refractivity contribution in [2.45, 2.75) is 18.8 Å². The van der Waals surface area contributed by atoms with Crippen LogP contribution >= 0.6 is 0 Å². The van der Waals surface area contributed by atoms with Gasteiger partial charge in [0.15, 0.2) is 0 Å². The lowest BCUT2D eigenvalue weighted by Crippen LogP contribution is -2.34. The molecule has 0 bridgehead atoms. The molecular weight excluding hydrogens is 206 g/mol. The van der Waals surface area contributed by atoms with Gasteiger partial charge in [0.05, 0.1) is 13.5 Å². The number of hydrogen-bond acceptors (Lipinski definition) is 3. The molecule has 0 aromatic heterocycles. The van der Waals surface area contributed by atoms with Gasteiger partial charge in [0.25, 0.3) is 0 Å². The molecule has 1 unspecified atom stereocenters. The predicted octanol–water partition coefficient (Wildman–Crippen LogP) is 1.39. The van der Waals surface area contributed by atoms with Gasteiger partial charge in [0.2, 0.25) is 0 Å². The molecule has 1 aromatic carbocycles. The van der Waals surface area contributed by atoms with Crippen LogP contribution in [0, 0.1) is 0 Å². The Morgan fingerprint density at radius 1 is 1.56 bits per heavy atom. The standard InChI is InChI=1S/C12H17NO3/c1-12(8-13,7-11(14)15)9-4-3-5-10(6-9)16-2/h3-6H,7-8,13H2,1-2H3,(H,14,15). The van der Waals surface area contributed by atoms with Crippen molar-refractivity contribution in [3.8, 4) is 5.75 Å². The molecule has 1 atom stereocenters. The molecule has 1 aromatic rings. The van der Waals surface area contributed by atoms with Gasteiger partial charge < -0.3 is 15.6 Å². The third-order valence-corrected chi connectivity index (χ3v) is 2.76. The van der Waals surface area contributed by atoms with E-state index in [1.807, 2.05) is 31.2 Å². The van der Waals surface area contributed by atoms with E-state index in [-0.39, 0.29) is 13.0 Å². The van der Waals surface area contributed by atoms with Crippen LogP contribution in [0.4, 0.5) is 0 Å². The van der Waals surface area contributed by atoms with E-state index >= 15 is 0 Å². The second kappa shape index (κ2) is 4.99. The van der Waals surface area contributed by atoms with E-state index in [9.17, 15) is 4.79 Å².